The highest BCUT2D eigenvalue weighted by Crippen LogP contribution is 2.12. The SMILES string of the molecule is CCCCCCCCCC(=O)N/N=C(\C)c1ccc(OC)cc1. The quantitative estimate of drug-likeness (QED) is 0.366. The lowest BCUT2D eigenvalue weighted by atomic mass is 10.1. The molecule has 0 atom stereocenters. The van der Waals surface area contributed by atoms with Crippen LogP contribution in [0.2, 0.25) is 0 Å². The van der Waals surface area contributed by atoms with Crippen molar-refractivity contribution in [2.45, 2.75) is 65.2 Å². The number of ether oxygens (including phenoxy) is 1. The molecule has 0 aliphatic heterocycles. The number of hydrazone groups is 1. The maximum Gasteiger partial charge on any atom is 0.240 e. The molecule has 0 spiro atoms. The fraction of sp³-hybridized carbons (Fsp3) is 0.579. The minimum absolute atomic E-state index is 0.00794. The summed E-state index contributed by atoms with van der Waals surface area (Å²) in [6.07, 6.45) is 9.02. The molecule has 1 N–H and O–H groups in total. The van der Waals surface area contributed by atoms with Crippen molar-refractivity contribution in [2.75, 3.05) is 7.11 Å². The zero-order valence-electron chi connectivity index (χ0n) is 14.7. The maximum atomic E-state index is 11.8. The molecule has 1 aromatic rings. The van der Waals surface area contributed by atoms with Crippen molar-refractivity contribution >= 4 is 11.6 Å². The van der Waals surface area contributed by atoms with Gasteiger partial charge >= 0.3 is 0 Å². The zero-order chi connectivity index (χ0) is 16.9. The van der Waals surface area contributed by atoms with Gasteiger partial charge in [0.25, 0.3) is 0 Å². The van der Waals surface area contributed by atoms with Gasteiger partial charge in [0.2, 0.25) is 5.91 Å². The molecule has 0 saturated heterocycles. The highest BCUT2D eigenvalue weighted by Gasteiger charge is 2.02. The molecule has 0 heterocycles. The summed E-state index contributed by atoms with van der Waals surface area (Å²) in [6, 6.07) is 7.63. The van der Waals surface area contributed by atoms with E-state index < -0.39 is 0 Å². The molecule has 0 radical (unpaired) electrons. The van der Waals surface area contributed by atoms with Crippen LogP contribution < -0.4 is 10.2 Å². The van der Waals surface area contributed by atoms with Crippen LogP contribution in [0.15, 0.2) is 29.4 Å². The molecule has 1 amide bonds. The standard InChI is InChI=1S/C19H30N2O2/c1-4-5-6-7-8-9-10-11-19(22)21-20-16(2)17-12-14-18(23-3)15-13-17/h12-15H,4-11H2,1-3H3,(H,21,22)/b20-16+. The molecular weight excluding hydrogens is 288 g/mol. The summed E-state index contributed by atoms with van der Waals surface area (Å²) in [7, 11) is 1.64. The molecule has 128 valence electrons. The lowest BCUT2D eigenvalue weighted by molar-refractivity contribution is -0.121. The number of hydrogen-bond donors (Lipinski definition) is 1. The summed E-state index contributed by atoms with van der Waals surface area (Å²) in [5.41, 5.74) is 4.40. The second kappa shape index (κ2) is 11.7. The van der Waals surface area contributed by atoms with Gasteiger partial charge in [-0.25, -0.2) is 5.43 Å². The van der Waals surface area contributed by atoms with Crippen LogP contribution in [-0.4, -0.2) is 18.7 Å². The van der Waals surface area contributed by atoms with Crippen molar-refractivity contribution in [1.82, 2.24) is 5.43 Å². The largest absolute Gasteiger partial charge is 0.497 e. The molecule has 1 aromatic carbocycles. The molecule has 0 aliphatic rings. The Kier molecular flexibility index (Phi) is 9.76. The summed E-state index contributed by atoms with van der Waals surface area (Å²) < 4.78 is 5.12. The number of carbonyl (C=O) groups is 1. The third kappa shape index (κ3) is 8.38. The fourth-order valence-corrected chi connectivity index (χ4v) is 2.34. The number of methoxy groups -OCH3 is 1. The minimum atomic E-state index is -0.00794. The molecule has 0 aromatic heterocycles. The second-order valence-electron chi connectivity index (χ2n) is 5.83. The molecule has 0 fully saturated rings. The molecule has 1 rings (SSSR count). The van der Waals surface area contributed by atoms with Gasteiger partial charge in [-0.15, -0.1) is 0 Å². The van der Waals surface area contributed by atoms with Crippen molar-refractivity contribution in [3.8, 4) is 5.75 Å². The van der Waals surface area contributed by atoms with Crippen LogP contribution in [0.25, 0.3) is 0 Å². The Balaban J connectivity index is 2.22. The van der Waals surface area contributed by atoms with E-state index in [1.54, 1.807) is 7.11 Å². The summed E-state index contributed by atoms with van der Waals surface area (Å²) >= 11 is 0. The number of amides is 1. The summed E-state index contributed by atoms with van der Waals surface area (Å²) in [5.74, 6) is 0.802. The van der Waals surface area contributed by atoms with Crippen molar-refractivity contribution in [3.63, 3.8) is 0 Å². The first-order chi connectivity index (χ1) is 11.2. The zero-order valence-corrected chi connectivity index (χ0v) is 14.7. The van der Waals surface area contributed by atoms with Crippen LogP contribution in [0.3, 0.4) is 0 Å². The van der Waals surface area contributed by atoms with Gasteiger partial charge in [-0.2, -0.15) is 5.10 Å². The highest BCUT2D eigenvalue weighted by atomic mass is 16.5. The number of hydrogen-bond acceptors (Lipinski definition) is 3. The Morgan fingerprint density at radius 1 is 1.04 bits per heavy atom. The van der Waals surface area contributed by atoms with E-state index in [1.165, 1.54) is 32.1 Å². The number of rotatable bonds is 11. The van der Waals surface area contributed by atoms with Crippen molar-refractivity contribution < 1.29 is 9.53 Å². The minimum Gasteiger partial charge on any atom is -0.497 e. The van der Waals surface area contributed by atoms with E-state index in [-0.39, 0.29) is 5.91 Å². The summed E-state index contributed by atoms with van der Waals surface area (Å²) in [6.45, 7) is 4.11. The molecule has 0 unspecified atom stereocenters. The molecule has 23 heavy (non-hydrogen) atoms. The lowest BCUT2D eigenvalue weighted by Gasteiger charge is -2.04. The molecular formula is C19H30N2O2. The van der Waals surface area contributed by atoms with Crippen molar-refractivity contribution in [2.24, 2.45) is 5.10 Å². The molecule has 0 aliphatic carbocycles. The van der Waals surface area contributed by atoms with Crippen LogP contribution in [0.4, 0.5) is 0 Å². The monoisotopic (exact) mass is 318 g/mol. The number of nitrogens with zero attached hydrogens (tertiary/aromatic N) is 1. The van der Waals surface area contributed by atoms with Gasteiger partial charge in [0.1, 0.15) is 5.75 Å². The van der Waals surface area contributed by atoms with Crippen LogP contribution in [-0.2, 0) is 4.79 Å². The Morgan fingerprint density at radius 3 is 2.26 bits per heavy atom. The van der Waals surface area contributed by atoms with Crippen molar-refractivity contribution in [1.29, 1.82) is 0 Å². The average Bonchev–Trinajstić information content (AvgIpc) is 2.59. The van der Waals surface area contributed by atoms with Crippen LogP contribution in [0.5, 0.6) is 5.75 Å². The number of benzene rings is 1. The molecule has 4 nitrogen and oxygen atoms in total. The van der Waals surface area contributed by atoms with E-state index in [0.717, 1.165) is 29.9 Å². The van der Waals surface area contributed by atoms with Crippen molar-refractivity contribution in [3.05, 3.63) is 29.8 Å². The van der Waals surface area contributed by atoms with Crippen LogP contribution >= 0.6 is 0 Å². The Labute approximate surface area is 140 Å². The third-order valence-electron chi connectivity index (χ3n) is 3.86. The van der Waals surface area contributed by atoms with E-state index >= 15 is 0 Å². The second-order valence-corrected chi connectivity index (χ2v) is 5.83. The maximum absolute atomic E-state index is 11.8. The van der Waals surface area contributed by atoms with Crippen LogP contribution in [0.1, 0.15) is 70.8 Å². The van der Waals surface area contributed by atoms with Gasteiger partial charge in [0.15, 0.2) is 0 Å². The van der Waals surface area contributed by atoms with Gasteiger partial charge < -0.3 is 4.74 Å². The molecule has 0 bridgehead atoms. The number of nitrogens with one attached hydrogen (secondary N) is 1. The smallest absolute Gasteiger partial charge is 0.240 e. The van der Waals surface area contributed by atoms with Crippen LogP contribution in [0, 0.1) is 0 Å². The van der Waals surface area contributed by atoms with E-state index in [0.29, 0.717) is 6.42 Å². The highest BCUT2D eigenvalue weighted by molar-refractivity contribution is 5.99. The molecule has 4 heteroatoms. The van der Waals surface area contributed by atoms with E-state index in [1.807, 2.05) is 31.2 Å². The first-order valence-electron chi connectivity index (χ1n) is 8.65. The van der Waals surface area contributed by atoms with Gasteiger partial charge in [0.05, 0.1) is 12.8 Å². The third-order valence-corrected chi connectivity index (χ3v) is 3.86. The molecule has 0 saturated carbocycles. The topological polar surface area (TPSA) is 50.7 Å². The average molecular weight is 318 g/mol. The fourth-order valence-electron chi connectivity index (χ4n) is 2.34. The first kappa shape index (κ1) is 19.2. The van der Waals surface area contributed by atoms with Gasteiger partial charge in [0, 0.05) is 6.42 Å². The number of unbranched alkanes of at least 4 members (excludes halogenated alkanes) is 6. The normalized spacial score (nSPS) is 11.3. The van der Waals surface area contributed by atoms with E-state index in [9.17, 15) is 4.79 Å². The Bertz CT molecular complexity index is 481. The van der Waals surface area contributed by atoms with Gasteiger partial charge in [-0.3, -0.25) is 4.79 Å². The van der Waals surface area contributed by atoms with E-state index in [4.69, 9.17) is 4.74 Å². The van der Waals surface area contributed by atoms with E-state index in [2.05, 4.69) is 17.5 Å². The lowest BCUT2D eigenvalue weighted by Crippen LogP contribution is -2.18. The predicted octanol–water partition coefficient (Wildman–Crippen LogP) is 4.68. The van der Waals surface area contributed by atoms with Gasteiger partial charge in [-0.05, 0) is 43.2 Å². The summed E-state index contributed by atoms with van der Waals surface area (Å²) in [4.78, 5) is 11.8. The Morgan fingerprint density at radius 2 is 1.65 bits per heavy atom. The number of carbonyl (C=O) groups excluding carboxylic acids is 1. The van der Waals surface area contributed by atoms with Gasteiger partial charge in [-0.1, -0.05) is 45.4 Å². The predicted molar refractivity (Wildman–Crippen MR) is 96.0 cm³/mol. The summed E-state index contributed by atoms with van der Waals surface area (Å²) in [5, 5.41) is 4.17. The first-order valence-corrected chi connectivity index (χ1v) is 8.65. The Hall–Kier alpha value is -1.84.